The Hall–Kier alpha value is -0.900. The summed E-state index contributed by atoms with van der Waals surface area (Å²) in [4.78, 5) is 22.7. The fourth-order valence-corrected chi connectivity index (χ4v) is 2.64. The van der Waals surface area contributed by atoms with Crippen LogP contribution in [-0.2, 0) is 9.59 Å². The van der Waals surface area contributed by atoms with E-state index in [-0.39, 0.29) is 12.2 Å². The van der Waals surface area contributed by atoms with Crippen LogP contribution in [0.25, 0.3) is 0 Å². The molecular formula is C13H22O4. The molecule has 1 saturated carbocycles. The van der Waals surface area contributed by atoms with Crippen molar-refractivity contribution in [1.82, 2.24) is 0 Å². The van der Waals surface area contributed by atoms with E-state index >= 15 is 0 Å². The summed E-state index contributed by atoms with van der Waals surface area (Å²) in [5, 5.41) is 18.1. The van der Waals surface area contributed by atoms with E-state index in [1.54, 1.807) is 6.92 Å². The maximum absolute atomic E-state index is 12.1. The van der Waals surface area contributed by atoms with Gasteiger partial charge in [0.15, 0.2) is 0 Å². The number of aliphatic hydroxyl groups excluding tert-OH is 1. The van der Waals surface area contributed by atoms with Gasteiger partial charge in [-0.2, -0.15) is 0 Å². The maximum atomic E-state index is 12.1. The molecule has 4 heteroatoms. The number of hydrogen-bond donors (Lipinski definition) is 2. The lowest BCUT2D eigenvalue weighted by atomic mass is 9.67. The topological polar surface area (TPSA) is 74.6 Å². The Labute approximate surface area is 102 Å². The fraction of sp³-hybridized carbons (Fsp3) is 0.846. The molecule has 0 aromatic heterocycles. The minimum Gasteiger partial charge on any atom is -0.481 e. The molecule has 2 atom stereocenters. The Balaban J connectivity index is 2.67. The molecule has 2 unspecified atom stereocenters. The van der Waals surface area contributed by atoms with E-state index in [1.807, 2.05) is 0 Å². The summed E-state index contributed by atoms with van der Waals surface area (Å²) in [5.41, 5.74) is -0.479. The van der Waals surface area contributed by atoms with Crippen LogP contribution in [0.2, 0.25) is 0 Å². The van der Waals surface area contributed by atoms with Crippen molar-refractivity contribution in [2.75, 3.05) is 0 Å². The quantitative estimate of drug-likeness (QED) is 0.748. The Morgan fingerprint density at radius 2 is 2.12 bits per heavy atom. The molecule has 1 aliphatic rings. The third kappa shape index (κ3) is 4.11. The van der Waals surface area contributed by atoms with Gasteiger partial charge < -0.3 is 10.2 Å². The number of hydrogen-bond acceptors (Lipinski definition) is 3. The third-order valence-electron chi connectivity index (χ3n) is 3.76. The van der Waals surface area contributed by atoms with Crippen molar-refractivity contribution < 1.29 is 19.8 Å². The second-order valence-corrected chi connectivity index (χ2v) is 5.19. The van der Waals surface area contributed by atoms with Crippen LogP contribution < -0.4 is 0 Å². The van der Waals surface area contributed by atoms with Crippen molar-refractivity contribution in [3.63, 3.8) is 0 Å². The second kappa shape index (κ2) is 6.15. The molecule has 0 radical (unpaired) electrons. The van der Waals surface area contributed by atoms with Gasteiger partial charge in [0.1, 0.15) is 5.78 Å². The Bertz CT molecular complexity index is 285. The number of rotatable bonds is 6. The molecule has 0 bridgehead atoms. The number of carbonyl (C=O) groups is 2. The van der Waals surface area contributed by atoms with Crippen LogP contribution in [-0.4, -0.2) is 28.1 Å². The van der Waals surface area contributed by atoms with Gasteiger partial charge in [0.05, 0.1) is 6.10 Å². The summed E-state index contributed by atoms with van der Waals surface area (Å²) < 4.78 is 0. The van der Waals surface area contributed by atoms with Gasteiger partial charge in [-0.15, -0.1) is 0 Å². The number of carboxylic acid groups (broad SMARTS) is 1. The van der Waals surface area contributed by atoms with Crippen molar-refractivity contribution in [2.24, 2.45) is 5.41 Å². The normalized spacial score (nSPS) is 26.8. The van der Waals surface area contributed by atoms with Gasteiger partial charge in [-0.1, -0.05) is 6.42 Å². The summed E-state index contributed by atoms with van der Waals surface area (Å²) in [6.45, 7) is 1.71. The van der Waals surface area contributed by atoms with Crippen LogP contribution in [0.4, 0.5) is 0 Å². The highest BCUT2D eigenvalue weighted by Crippen LogP contribution is 2.41. The predicted octanol–water partition coefficient (Wildman–Crippen LogP) is 2.14. The van der Waals surface area contributed by atoms with E-state index in [9.17, 15) is 14.7 Å². The molecular weight excluding hydrogens is 220 g/mol. The van der Waals surface area contributed by atoms with Gasteiger partial charge in [-0.05, 0) is 39.0 Å². The number of aliphatic hydroxyl groups is 1. The lowest BCUT2D eigenvalue weighted by Crippen LogP contribution is -2.35. The third-order valence-corrected chi connectivity index (χ3v) is 3.76. The van der Waals surface area contributed by atoms with E-state index in [4.69, 9.17) is 5.11 Å². The van der Waals surface area contributed by atoms with Gasteiger partial charge in [-0.25, -0.2) is 0 Å². The number of Topliss-reactive ketones (excluding diaryl/α,β-unsaturated/α-hetero) is 1. The molecule has 1 fully saturated rings. The molecule has 0 amide bonds. The average molecular weight is 242 g/mol. The molecule has 0 heterocycles. The highest BCUT2D eigenvalue weighted by molar-refractivity contribution is 5.86. The van der Waals surface area contributed by atoms with Gasteiger partial charge in [0, 0.05) is 18.3 Å². The molecule has 0 aromatic carbocycles. The Morgan fingerprint density at radius 3 is 2.65 bits per heavy atom. The van der Waals surface area contributed by atoms with Gasteiger partial charge in [0.25, 0.3) is 0 Å². The largest absolute Gasteiger partial charge is 0.481 e. The van der Waals surface area contributed by atoms with Crippen LogP contribution >= 0.6 is 0 Å². The zero-order valence-corrected chi connectivity index (χ0v) is 10.4. The molecule has 4 nitrogen and oxygen atoms in total. The Kier molecular flexibility index (Phi) is 5.12. The SMILES string of the molecule is CC(O)CCC1(CCC(=O)O)CCCCC1=O. The number of ketones is 1. The molecule has 0 saturated heterocycles. The smallest absolute Gasteiger partial charge is 0.303 e. The first-order chi connectivity index (χ1) is 7.96. The molecule has 0 spiro atoms. The standard InChI is InChI=1S/C13H22O4/c1-10(14)5-8-13(9-6-12(16)17)7-3-2-4-11(13)15/h10,14H,2-9H2,1H3,(H,16,17). The highest BCUT2D eigenvalue weighted by Gasteiger charge is 2.39. The van der Waals surface area contributed by atoms with E-state index in [0.717, 1.165) is 19.3 Å². The van der Waals surface area contributed by atoms with Crippen molar-refractivity contribution in [3.8, 4) is 0 Å². The zero-order valence-electron chi connectivity index (χ0n) is 10.4. The summed E-state index contributed by atoms with van der Waals surface area (Å²) >= 11 is 0. The minimum absolute atomic E-state index is 0.0472. The van der Waals surface area contributed by atoms with E-state index in [2.05, 4.69) is 0 Å². The summed E-state index contributed by atoms with van der Waals surface area (Å²) in [6.07, 6.45) is 4.51. The van der Waals surface area contributed by atoms with Gasteiger partial charge in [0.2, 0.25) is 0 Å². The van der Waals surface area contributed by atoms with Crippen LogP contribution in [0.1, 0.15) is 58.3 Å². The fourth-order valence-electron chi connectivity index (χ4n) is 2.64. The molecule has 0 aliphatic heterocycles. The van der Waals surface area contributed by atoms with Crippen molar-refractivity contribution >= 4 is 11.8 Å². The molecule has 1 rings (SSSR count). The molecule has 2 N–H and O–H groups in total. The summed E-state index contributed by atoms with van der Waals surface area (Å²) in [7, 11) is 0. The molecule has 98 valence electrons. The number of carbonyl (C=O) groups excluding carboxylic acids is 1. The molecule has 17 heavy (non-hydrogen) atoms. The van der Waals surface area contributed by atoms with Gasteiger partial charge >= 0.3 is 5.97 Å². The van der Waals surface area contributed by atoms with Crippen LogP contribution in [0, 0.1) is 5.41 Å². The van der Waals surface area contributed by atoms with Crippen molar-refractivity contribution in [2.45, 2.75) is 64.4 Å². The number of aliphatic carboxylic acids is 1. The first-order valence-electron chi connectivity index (χ1n) is 6.39. The summed E-state index contributed by atoms with van der Waals surface area (Å²) in [5.74, 6) is -0.648. The van der Waals surface area contributed by atoms with Crippen LogP contribution in [0.5, 0.6) is 0 Å². The van der Waals surface area contributed by atoms with Gasteiger partial charge in [-0.3, -0.25) is 9.59 Å². The monoisotopic (exact) mass is 242 g/mol. The van der Waals surface area contributed by atoms with Crippen molar-refractivity contribution in [3.05, 3.63) is 0 Å². The maximum Gasteiger partial charge on any atom is 0.303 e. The van der Waals surface area contributed by atoms with Crippen LogP contribution in [0.3, 0.4) is 0 Å². The van der Waals surface area contributed by atoms with E-state index in [0.29, 0.717) is 25.7 Å². The molecule has 0 aromatic rings. The van der Waals surface area contributed by atoms with E-state index < -0.39 is 17.5 Å². The minimum atomic E-state index is -0.847. The summed E-state index contributed by atoms with van der Waals surface area (Å²) in [6, 6.07) is 0. The first-order valence-corrected chi connectivity index (χ1v) is 6.39. The van der Waals surface area contributed by atoms with Crippen LogP contribution in [0.15, 0.2) is 0 Å². The Morgan fingerprint density at radius 1 is 1.41 bits per heavy atom. The van der Waals surface area contributed by atoms with E-state index in [1.165, 1.54) is 0 Å². The average Bonchev–Trinajstić information content (AvgIpc) is 2.26. The zero-order chi connectivity index (χ0) is 12.9. The van der Waals surface area contributed by atoms with Crippen molar-refractivity contribution in [1.29, 1.82) is 0 Å². The second-order valence-electron chi connectivity index (χ2n) is 5.19. The lowest BCUT2D eigenvalue weighted by molar-refractivity contribution is -0.139. The highest BCUT2D eigenvalue weighted by atomic mass is 16.4. The lowest BCUT2D eigenvalue weighted by Gasteiger charge is -2.36. The molecule has 1 aliphatic carbocycles. The first kappa shape index (κ1) is 14.2. The number of carboxylic acids is 1. The predicted molar refractivity (Wildman–Crippen MR) is 63.7 cm³/mol.